The lowest BCUT2D eigenvalue weighted by molar-refractivity contribution is 0.626. The Morgan fingerprint density at radius 3 is 2.50 bits per heavy atom. The maximum Gasteiger partial charge on any atom is 0.123 e. The van der Waals surface area contributed by atoms with Gasteiger partial charge in [0.1, 0.15) is 5.82 Å². The lowest BCUT2D eigenvalue weighted by atomic mass is 10.2. The fraction of sp³-hybridized carbons (Fsp3) is 0.0769. The van der Waals surface area contributed by atoms with Gasteiger partial charge in [0.05, 0.1) is 0 Å². The lowest BCUT2D eigenvalue weighted by Gasteiger charge is -2.06. The number of hydrogen-bond donors (Lipinski definition) is 1. The summed E-state index contributed by atoms with van der Waals surface area (Å²) >= 11 is 2.26. The molecule has 0 aliphatic heterocycles. The summed E-state index contributed by atoms with van der Waals surface area (Å²) in [6.07, 6.45) is 0. The van der Waals surface area contributed by atoms with Gasteiger partial charge in [-0.15, -0.1) is 0 Å². The Balaban J connectivity index is 1.99. The van der Waals surface area contributed by atoms with Gasteiger partial charge in [-0.25, -0.2) is 4.39 Å². The molecule has 0 atom stereocenters. The van der Waals surface area contributed by atoms with Crippen molar-refractivity contribution in [3.63, 3.8) is 0 Å². The van der Waals surface area contributed by atoms with Gasteiger partial charge in [-0.1, -0.05) is 12.1 Å². The van der Waals surface area contributed by atoms with E-state index in [0.717, 1.165) is 11.3 Å². The van der Waals surface area contributed by atoms with Gasteiger partial charge < -0.3 is 5.32 Å². The van der Waals surface area contributed by atoms with Crippen LogP contribution in [0.1, 0.15) is 5.56 Å². The first-order valence-electron chi connectivity index (χ1n) is 4.98. The number of nitrogens with one attached hydrogen (secondary N) is 1. The molecule has 0 aliphatic carbocycles. The van der Waals surface area contributed by atoms with Gasteiger partial charge in [-0.3, -0.25) is 0 Å². The average molecular weight is 327 g/mol. The molecule has 3 heteroatoms. The summed E-state index contributed by atoms with van der Waals surface area (Å²) in [6, 6.07) is 14.7. The normalized spacial score (nSPS) is 10.1. The summed E-state index contributed by atoms with van der Waals surface area (Å²) in [5.41, 5.74) is 1.99. The molecule has 0 aliphatic rings. The number of anilines is 1. The van der Waals surface area contributed by atoms with Gasteiger partial charge in [0, 0.05) is 15.8 Å². The fourth-order valence-corrected chi connectivity index (χ4v) is 1.78. The molecule has 0 heterocycles. The van der Waals surface area contributed by atoms with Crippen LogP contribution >= 0.6 is 22.6 Å². The summed E-state index contributed by atoms with van der Waals surface area (Å²) in [6.45, 7) is 0.637. The van der Waals surface area contributed by atoms with E-state index >= 15 is 0 Å². The van der Waals surface area contributed by atoms with Crippen LogP contribution in [0, 0.1) is 9.39 Å². The first-order valence-corrected chi connectivity index (χ1v) is 6.06. The molecule has 0 amide bonds. The van der Waals surface area contributed by atoms with Crippen molar-refractivity contribution >= 4 is 28.3 Å². The first-order chi connectivity index (χ1) is 7.74. The molecule has 0 bridgehead atoms. The molecular weight excluding hydrogens is 316 g/mol. The molecule has 2 aromatic rings. The third-order valence-electron chi connectivity index (χ3n) is 2.23. The van der Waals surface area contributed by atoms with Crippen LogP contribution in [0.2, 0.25) is 0 Å². The van der Waals surface area contributed by atoms with Crippen LogP contribution < -0.4 is 5.32 Å². The minimum Gasteiger partial charge on any atom is -0.381 e. The van der Waals surface area contributed by atoms with Crippen LogP contribution in [0.4, 0.5) is 10.1 Å². The van der Waals surface area contributed by atoms with Crippen molar-refractivity contribution < 1.29 is 4.39 Å². The third kappa shape index (κ3) is 3.20. The van der Waals surface area contributed by atoms with E-state index < -0.39 is 0 Å². The zero-order chi connectivity index (χ0) is 11.4. The van der Waals surface area contributed by atoms with Gasteiger partial charge in [0.25, 0.3) is 0 Å². The van der Waals surface area contributed by atoms with Crippen molar-refractivity contribution in [2.24, 2.45) is 0 Å². The summed E-state index contributed by atoms with van der Waals surface area (Å²) in [5, 5.41) is 3.25. The van der Waals surface area contributed by atoms with Gasteiger partial charge >= 0.3 is 0 Å². The van der Waals surface area contributed by atoms with E-state index in [4.69, 9.17) is 0 Å². The van der Waals surface area contributed by atoms with Crippen molar-refractivity contribution in [2.75, 3.05) is 5.32 Å². The molecular formula is C13H11FIN. The monoisotopic (exact) mass is 327 g/mol. The largest absolute Gasteiger partial charge is 0.381 e. The molecule has 2 rings (SSSR count). The number of hydrogen-bond acceptors (Lipinski definition) is 1. The molecule has 0 fully saturated rings. The fourth-order valence-electron chi connectivity index (χ4n) is 1.42. The Morgan fingerprint density at radius 1 is 1.06 bits per heavy atom. The van der Waals surface area contributed by atoms with E-state index in [9.17, 15) is 4.39 Å². The van der Waals surface area contributed by atoms with Crippen LogP contribution in [-0.2, 0) is 6.54 Å². The van der Waals surface area contributed by atoms with Crippen molar-refractivity contribution in [3.8, 4) is 0 Å². The highest BCUT2D eigenvalue weighted by Gasteiger charge is 1.95. The summed E-state index contributed by atoms with van der Waals surface area (Å²) in [5.74, 6) is -0.193. The maximum absolute atomic E-state index is 12.9. The number of halogens is 2. The molecule has 0 radical (unpaired) electrons. The molecule has 1 nitrogen and oxygen atoms in total. The second kappa shape index (κ2) is 5.30. The third-order valence-corrected chi connectivity index (χ3v) is 2.95. The Morgan fingerprint density at radius 2 is 1.81 bits per heavy atom. The zero-order valence-electron chi connectivity index (χ0n) is 8.58. The molecule has 82 valence electrons. The minimum atomic E-state index is -0.193. The van der Waals surface area contributed by atoms with Gasteiger partial charge in [-0.2, -0.15) is 0 Å². The van der Waals surface area contributed by atoms with E-state index in [2.05, 4.69) is 27.9 Å². The first kappa shape index (κ1) is 11.4. The maximum atomic E-state index is 12.9. The van der Waals surface area contributed by atoms with E-state index in [-0.39, 0.29) is 5.82 Å². The predicted molar refractivity (Wildman–Crippen MR) is 72.9 cm³/mol. The smallest absolute Gasteiger partial charge is 0.123 e. The number of benzene rings is 2. The van der Waals surface area contributed by atoms with Crippen molar-refractivity contribution in [1.82, 2.24) is 0 Å². The van der Waals surface area contributed by atoms with Gasteiger partial charge in [0.2, 0.25) is 0 Å². The Kier molecular flexibility index (Phi) is 3.77. The Hall–Kier alpha value is -1.10. The SMILES string of the molecule is Fc1cccc(CNc2ccc(I)cc2)c1. The lowest BCUT2D eigenvalue weighted by Crippen LogP contribution is -1.99. The predicted octanol–water partition coefficient (Wildman–Crippen LogP) is 4.04. The van der Waals surface area contributed by atoms with Crippen LogP contribution in [0.5, 0.6) is 0 Å². The van der Waals surface area contributed by atoms with E-state index in [1.807, 2.05) is 30.3 Å². The van der Waals surface area contributed by atoms with Crippen LogP contribution in [0.15, 0.2) is 48.5 Å². The highest BCUT2D eigenvalue weighted by Crippen LogP contribution is 2.12. The number of rotatable bonds is 3. The van der Waals surface area contributed by atoms with Crippen molar-refractivity contribution in [2.45, 2.75) is 6.54 Å². The molecule has 0 aromatic heterocycles. The minimum absolute atomic E-state index is 0.193. The molecule has 0 unspecified atom stereocenters. The topological polar surface area (TPSA) is 12.0 Å². The summed E-state index contributed by atoms with van der Waals surface area (Å²) < 4.78 is 14.1. The Labute approximate surface area is 108 Å². The molecule has 16 heavy (non-hydrogen) atoms. The second-order valence-corrected chi connectivity index (χ2v) is 4.74. The highest BCUT2D eigenvalue weighted by molar-refractivity contribution is 14.1. The zero-order valence-corrected chi connectivity index (χ0v) is 10.7. The quantitative estimate of drug-likeness (QED) is 0.839. The summed E-state index contributed by atoms with van der Waals surface area (Å²) in [4.78, 5) is 0. The molecule has 0 saturated heterocycles. The highest BCUT2D eigenvalue weighted by atomic mass is 127. The summed E-state index contributed by atoms with van der Waals surface area (Å²) in [7, 11) is 0. The molecule has 0 spiro atoms. The standard InChI is InChI=1S/C13H11FIN/c14-11-3-1-2-10(8-11)9-16-13-6-4-12(15)5-7-13/h1-8,16H,9H2. The van der Waals surface area contributed by atoms with Crippen LogP contribution in [-0.4, -0.2) is 0 Å². The van der Waals surface area contributed by atoms with E-state index in [1.54, 1.807) is 12.1 Å². The van der Waals surface area contributed by atoms with Gasteiger partial charge in [0.15, 0.2) is 0 Å². The second-order valence-electron chi connectivity index (χ2n) is 3.49. The van der Waals surface area contributed by atoms with Crippen LogP contribution in [0.3, 0.4) is 0 Å². The van der Waals surface area contributed by atoms with E-state index in [1.165, 1.54) is 9.64 Å². The molecule has 2 aromatic carbocycles. The van der Waals surface area contributed by atoms with Crippen LogP contribution in [0.25, 0.3) is 0 Å². The van der Waals surface area contributed by atoms with Crippen molar-refractivity contribution in [1.29, 1.82) is 0 Å². The average Bonchev–Trinajstić information content (AvgIpc) is 2.28. The van der Waals surface area contributed by atoms with Crippen molar-refractivity contribution in [3.05, 3.63) is 63.5 Å². The molecule has 0 saturated carbocycles. The van der Waals surface area contributed by atoms with Gasteiger partial charge in [-0.05, 0) is 64.6 Å². The molecule has 1 N–H and O–H groups in total. The van der Waals surface area contributed by atoms with E-state index in [0.29, 0.717) is 6.54 Å². The Bertz CT molecular complexity index is 468.